The zero-order chi connectivity index (χ0) is 32.9. The van der Waals surface area contributed by atoms with Crippen molar-refractivity contribution in [1.82, 2.24) is 9.66 Å². The highest BCUT2D eigenvalue weighted by Crippen LogP contribution is 2.34. The van der Waals surface area contributed by atoms with Gasteiger partial charge in [-0.05, 0) is 84.1 Å². The highest BCUT2D eigenvalue weighted by Gasteiger charge is 2.19. The fourth-order valence-corrected chi connectivity index (χ4v) is 5.59. The summed E-state index contributed by atoms with van der Waals surface area (Å²) < 4.78 is 13.4. The molecule has 6 rings (SSSR count). The fourth-order valence-electron chi connectivity index (χ4n) is 5.59. The Hall–Kier alpha value is -5.76. The third kappa shape index (κ3) is 6.63. The predicted octanol–water partition coefficient (Wildman–Crippen LogP) is 7.95. The van der Waals surface area contributed by atoms with Gasteiger partial charge in [-0.15, -0.1) is 0 Å². The number of para-hydroxylation sites is 2. The summed E-state index contributed by atoms with van der Waals surface area (Å²) in [6.45, 7) is 8.50. The largest absolute Gasteiger partial charge is 0.494 e. The Balaban J connectivity index is 1.47. The number of ether oxygens (including phenoxy) is 2. The van der Waals surface area contributed by atoms with Gasteiger partial charge in [0, 0.05) is 16.8 Å². The topological polar surface area (TPSA) is 94.8 Å². The van der Waals surface area contributed by atoms with Crippen molar-refractivity contribution in [2.24, 2.45) is 5.10 Å². The van der Waals surface area contributed by atoms with Gasteiger partial charge < -0.3 is 14.8 Å². The van der Waals surface area contributed by atoms with Crippen molar-refractivity contribution in [2.45, 2.75) is 33.6 Å². The Kier molecular flexibility index (Phi) is 9.11. The van der Waals surface area contributed by atoms with E-state index in [1.54, 1.807) is 12.3 Å². The molecule has 0 radical (unpaired) electrons. The van der Waals surface area contributed by atoms with Crippen LogP contribution < -0.4 is 20.3 Å². The molecule has 0 fully saturated rings. The van der Waals surface area contributed by atoms with Crippen molar-refractivity contribution in [3.05, 3.63) is 130 Å². The Morgan fingerprint density at radius 2 is 1.62 bits per heavy atom. The molecule has 6 aromatic rings. The molecule has 1 N–H and O–H groups in total. The SMILES string of the molecule is CCOc1cc(C)c(-c2nc3ccccc3c(=O)n2N=Cc2c(OCC(=O)Nc3ccccc3)ccc3ccccc23)cc1C(C)C. The molecule has 0 saturated heterocycles. The number of carbonyl (C=O) groups excluding carboxylic acids is 1. The normalized spacial score (nSPS) is 11.4. The van der Waals surface area contributed by atoms with E-state index in [-0.39, 0.29) is 24.0 Å². The zero-order valence-corrected chi connectivity index (χ0v) is 26.9. The maximum absolute atomic E-state index is 14.1. The van der Waals surface area contributed by atoms with Crippen LogP contribution in [0.4, 0.5) is 5.69 Å². The predicted molar refractivity (Wildman–Crippen MR) is 189 cm³/mol. The van der Waals surface area contributed by atoms with Gasteiger partial charge in [-0.2, -0.15) is 9.78 Å². The van der Waals surface area contributed by atoms with Crippen molar-refractivity contribution in [2.75, 3.05) is 18.5 Å². The standard InChI is InChI=1S/C39H36N4O4/c1-5-46-36-21-26(4)32(22-31(36)25(2)3)38-42-34-18-12-11-17-30(34)39(45)43(38)40-23-33-29-16-10-9-13-27(29)19-20-35(33)47-24-37(44)41-28-14-7-6-8-15-28/h6-23,25H,5,24H2,1-4H3,(H,41,44). The summed E-state index contributed by atoms with van der Waals surface area (Å²) in [6.07, 6.45) is 1.61. The summed E-state index contributed by atoms with van der Waals surface area (Å²) in [7, 11) is 0. The molecule has 0 aliphatic carbocycles. The third-order valence-electron chi connectivity index (χ3n) is 7.92. The van der Waals surface area contributed by atoms with Gasteiger partial charge in [0.25, 0.3) is 11.5 Å². The molecule has 0 aliphatic rings. The van der Waals surface area contributed by atoms with Crippen LogP contribution in [-0.2, 0) is 4.79 Å². The third-order valence-corrected chi connectivity index (χ3v) is 7.92. The number of nitrogens with zero attached hydrogens (tertiary/aromatic N) is 3. The molecule has 1 heterocycles. The van der Waals surface area contributed by atoms with Crippen molar-refractivity contribution >= 4 is 39.5 Å². The first-order chi connectivity index (χ1) is 22.8. The minimum Gasteiger partial charge on any atom is -0.494 e. The van der Waals surface area contributed by atoms with Crippen molar-refractivity contribution in [3.63, 3.8) is 0 Å². The lowest BCUT2D eigenvalue weighted by Gasteiger charge is -2.18. The molecular formula is C39H36N4O4. The van der Waals surface area contributed by atoms with Crippen LogP contribution in [0.2, 0.25) is 0 Å². The van der Waals surface area contributed by atoms with E-state index in [9.17, 15) is 9.59 Å². The molecule has 1 amide bonds. The number of anilines is 1. The van der Waals surface area contributed by atoms with Gasteiger partial charge >= 0.3 is 0 Å². The number of amides is 1. The van der Waals surface area contributed by atoms with Crippen LogP contribution in [0.5, 0.6) is 11.5 Å². The summed E-state index contributed by atoms with van der Waals surface area (Å²) in [5.41, 5.74) is 4.30. The molecule has 236 valence electrons. The maximum Gasteiger partial charge on any atom is 0.282 e. The first-order valence-corrected chi connectivity index (χ1v) is 15.7. The van der Waals surface area contributed by atoms with E-state index in [0.717, 1.165) is 33.2 Å². The van der Waals surface area contributed by atoms with Gasteiger partial charge in [0.1, 0.15) is 11.5 Å². The molecule has 8 heteroatoms. The van der Waals surface area contributed by atoms with Crippen LogP contribution in [0.15, 0.2) is 113 Å². The van der Waals surface area contributed by atoms with Crippen LogP contribution in [0.25, 0.3) is 33.1 Å². The second kappa shape index (κ2) is 13.7. The van der Waals surface area contributed by atoms with Crippen LogP contribution in [0.3, 0.4) is 0 Å². The molecule has 5 aromatic carbocycles. The molecule has 0 bridgehead atoms. The number of benzene rings is 5. The van der Waals surface area contributed by atoms with Crippen LogP contribution in [0, 0.1) is 6.92 Å². The average molecular weight is 625 g/mol. The van der Waals surface area contributed by atoms with Gasteiger partial charge in [-0.3, -0.25) is 9.59 Å². The van der Waals surface area contributed by atoms with Gasteiger partial charge in [-0.25, -0.2) is 4.98 Å². The van der Waals surface area contributed by atoms with E-state index >= 15 is 0 Å². The number of fused-ring (bicyclic) bond motifs is 2. The van der Waals surface area contributed by atoms with Crippen LogP contribution in [-0.4, -0.2) is 35.0 Å². The van der Waals surface area contributed by atoms with Crippen LogP contribution >= 0.6 is 0 Å². The van der Waals surface area contributed by atoms with Crippen molar-refractivity contribution in [3.8, 4) is 22.9 Å². The minimum atomic E-state index is -0.300. The van der Waals surface area contributed by atoms with Crippen LogP contribution in [0.1, 0.15) is 43.4 Å². The average Bonchev–Trinajstić information content (AvgIpc) is 3.07. The van der Waals surface area contributed by atoms with Crippen molar-refractivity contribution < 1.29 is 14.3 Å². The lowest BCUT2D eigenvalue weighted by molar-refractivity contribution is -0.118. The Morgan fingerprint density at radius 1 is 0.894 bits per heavy atom. The van der Waals surface area contributed by atoms with Gasteiger partial charge in [0.05, 0.1) is 23.7 Å². The molecule has 0 spiro atoms. The number of aromatic nitrogens is 2. The van der Waals surface area contributed by atoms with Gasteiger partial charge in [0.2, 0.25) is 0 Å². The van der Waals surface area contributed by atoms with E-state index in [1.807, 2.05) is 111 Å². The van der Waals surface area contributed by atoms with E-state index in [1.165, 1.54) is 4.68 Å². The van der Waals surface area contributed by atoms with E-state index in [4.69, 9.17) is 19.6 Å². The second-order valence-corrected chi connectivity index (χ2v) is 11.5. The van der Waals surface area contributed by atoms with Gasteiger partial charge in [0.15, 0.2) is 12.4 Å². The summed E-state index contributed by atoms with van der Waals surface area (Å²) in [5.74, 6) is 1.57. The smallest absolute Gasteiger partial charge is 0.282 e. The molecule has 0 atom stereocenters. The lowest BCUT2D eigenvalue weighted by atomic mass is 9.96. The monoisotopic (exact) mass is 624 g/mol. The molecule has 0 unspecified atom stereocenters. The molecule has 0 saturated carbocycles. The minimum absolute atomic E-state index is 0.175. The molecule has 8 nitrogen and oxygen atoms in total. The zero-order valence-electron chi connectivity index (χ0n) is 26.9. The summed E-state index contributed by atoms with van der Waals surface area (Å²) >= 11 is 0. The summed E-state index contributed by atoms with van der Waals surface area (Å²) in [4.78, 5) is 31.8. The van der Waals surface area contributed by atoms with E-state index < -0.39 is 0 Å². The second-order valence-electron chi connectivity index (χ2n) is 11.5. The molecule has 0 aliphatic heterocycles. The maximum atomic E-state index is 14.1. The molecular weight excluding hydrogens is 588 g/mol. The number of aryl methyl sites for hydroxylation is 1. The first kappa shape index (κ1) is 31.2. The number of hydrogen-bond donors (Lipinski definition) is 1. The highest BCUT2D eigenvalue weighted by molar-refractivity contribution is 6.03. The number of carbonyl (C=O) groups is 1. The van der Waals surface area contributed by atoms with Crippen molar-refractivity contribution in [1.29, 1.82) is 0 Å². The fraction of sp³-hybridized carbons (Fsp3) is 0.179. The first-order valence-electron chi connectivity index (χ1n) is 15.7. The number of hydrogen-bond acceptors (Lipinski definition) is 6. The Labute approximate surface area is 273 Å². The van der Waals surface area contributed by atoms with E-state index in [2.05, 4.69) is 19.2 Å². The quantitative estimate of drug-likeness (QED) is 0.156. The molecule has 1 aromatic heterocycles. The Morgan fingerprint density at radius 3 is 2.38 bits per heavy atom. The molecule has 47 heavy (non-hydrogen) atoms. The van der Waals surface area contributed by atoms with Gasteiger partial charge in [-0.1, -0.05) is 74.5 Å². The Bertz CT molecular complexity index is 2170. The number of rotatable bonds is 10. The highest BCUT2D eigenvalue weighted by atomic mass is 16.5. The lowest BCUT2D eigenvalue weighted by Crippen LogP contribution is -2.21. The number of nitrogens with one attached hydrogen (secondary N) is 1. The van der Waals surface area contributed by atoms with E-state index in [0.29, 0.717) is 40.3 Å². The summed E-state index contributed by atoms with van der Waals surface area (Å²) in [6, 6.07) is 32.1. The summed E-state index contributed by atoms with van der Waals surface area (Å²) in [5, 5.41) is 9.91.